The SMILES string of the molecule is O=C(O)c1sc(F)nc1Cl. The molecular formula is C4HClFNO2S. The van der Waals surface area contributed by atoms with Crippen LogP contribution in [0.5, 0.6) is 0 Å². The number of carboxylic acid groups (broad SMARTS) is 1. The van der Waals surface area contributed by atoms with Gasteiger partial charge in [-0.1, -0.05) is 22.9 Å². The average molecular weight is 182 g/mol. The Labute approximate surface area is 64.1 Å². The van der Waals surface area contributed by atoms with Gasteiger partial charge in [0.1, 0.15) is 0 Å². The molecule has 1 rings (SSSR count). The molecule has 0 spiro atoms. The zero-order valence-corrected chi connectivity index (χ0v) is 6.04. The molecule has 0 amide bonds. The van der Waals surface area contributed by atoms with Gasteiger partial charge < -0.3 is 5.11 Å². The average Bonchev–Trinajstić information content (AvgIpc) is 2.10. The van der Waals surface area contributed by atoms with Crippen molar-refractivity contribution in [2.24, 2.45) is 0 Å². The van der Waals surface area contributed by atoms with Gasteiger partial charge in [0.15, 0.2) is 10.0 Å². The van der Waals surface area contributed by atoms with Gasteiger partial charge in [-0.15, -0.1) is 0 Å². The Morgan fingerprint density at radius 2 is 2.40 bits per heavy atom. The Morgan fingerprint density at radius 1 is 1.80 bits per heavy atom. The number of nitrogens with zero attached hydrogens (tertiary/aromatic N) is 1. The van der Waals surface area contributed by atoms with Crippen molar-refractivity contribution in [2.75, 3.05) is 0 Å². The predicted octanol–water partition coefficient (Wildman–Crippen LogP) is 1.63. The van der Waals surface area contributed by atoms with Crippen LogP contribution in [0, 0.1) is 5.26 Å². The molecule has 0 aromatic carbocycles. The van der Waals surface area contributed by atoms with Crippen molar-refractivity contribution in [1.82, 2.24) is 4.98 Å². The highest BCUT2D eigenvalue weighted by atomic mass is 35.5. The van der Waals surface area contributed by atoms with Gasteiger partial charge in [0.05, 0.1) is 0 Å². The fraction of sp³-hybridized carbons (Fsp3) is 0. The maximum atomic E-state index is 12.1. The first kappa shape index (κ1) is 7.43. The lowest BCUT2D eigenvalue weighted by Crippen LogP contribution is -1.91. The smallest absolute Gasteiger partial charge is 0.349 e. The molecule has 1 aromatic heterocycles. The molecule has 0 aliphatic rings. The van der Waals surface area contributed by atoms with Crippen molar-refractivity contribution in [2.45, 2.75) is 0 Å². The number of hydrogen-bond donors (Lipinski definition) is 1. The number of halogens is 2. The van der Waals surface area contributed by atoms with E-state index in [1.54, 1.807) is 0 Å². The molecule has 0 fully saturated rings. The van der Waals surface area contributed by atoms with E-state index in [-0.39, 0.29) is 10.0 Å². The number of hydrogen-bond acceptors (Lipinski definition) is 3. The summed E-state index contributed by atoms with van der Waals surface area (Å²) in [5.41, 5.74) is 0. The molecule has 0 unspecified atom stereocenters. The van der Waals surface area contributed by atoms with Gasteiger partial charge in [0.25, 0.3) is 5.26 Å². The third kappa shape index (κ3) is 1.25. The summed E-state index contributed by atoms with van der Waals surface area (Å²) in [6.45, 7) is 0. The predicted molar refractivity (Wildman–Crippen MR) is 34.0 cm³/mol. The third-order valence-corrected chi connectivity index (χ3v) is 1.97. The number of aromatic nitrogens is 1. The van der Waals surface area contributed by atoms with Crippen LogP contribution in [-0.4, -0.2) is 16.1 Å². The van der Waals surface area contributed by atoms with Crippen LogP contribution < -0.4 is 0 Å². The Bertz CT molecular complexity index is 274. The zero-order valence-electron chi connectivity index (χ0n) is 4.47. The minimum Gasteiger partial charge on any atom is -0.477 e. The minimum atomic E-state index is -1.26. The highest BCUT2D eigenvalue weighted by Gasteiger charge is 2.14. The Kier molecular flexibility index (Phi) is 1.87. The van der Waals surface area contributed by atoms with Crippen molar-refractivity contribution in [3.63, 3.8) is 0 Å². The van der Waals surface area contributed by atoms with Crippen LogP contribution in [0.15, 0.2) is 0 Å². The van der Waals surface area contributed by atoms with Crippen LogP contribution in [0.25, 0.3) is 0 Å². The molecule has 54 valence electrons. The van der Waals surface area contributed by atoms with Crippen LogP contribution >= 0.6 is 22.9 Å². The van der Waals surface area contributed by atoms with Crippen LogP contribution in [0.3, 0.4) is 0 Å². The lowest BCUT2D eigenvalue weighted by molar-refractivity contribution is 0.0702. The highest BCUT2D eigenvalue weighted by molar-refractivity contribution is 7.12. The second kappa shape index (κ2) is 2.51. The summed E-state index contributed by atoms with van der Waals surface area (Å²) in [5, 5.41) is 7.17. The third-order valence-electron chi connectivity index (χ3n) is 0.754. The monoisotopic (exact) mass is 181 g/mol. The van der Waals surface area contributed by atoms with Crippen molar-refractivity contribution in [3.05, 3.63) is 15.3 Å². The largest absolute Gasteiger partial charge is 0.477 e. The number of thiazole rings is 1. The summed E-state index contributed by atoms with van der Waals surface area (Å²) in [6.07, 6.45) is 0. The van der Waals surface area contributed by atoms with Crippen LogP contribution in [0.2, 0.25) is 5.15 Å². The molecule has 1 N–H and O–H groups in total. The molecule has 3 nitrogen and oxygen atoms in total. The van der Waals surface area contributed by atoms with E-state index in [9.17, 15) is 9.18 Å². The van der Waals surface area contributed by atoms with E-state index in [1.165, 1.54) is 0 Å². The molecule has 0 saturated carbocycles. The van der Waals surface area contributed by atoms with Gasteiger partial charge in [0.2, 0.25) is 0 Å². The Balaban J connectivity index is 3.15. The number of carbonyl (C=O) groups is 1. The fourth-order valence-corrected chi connectivity index (χ4v) is 1.25. The van der Waals surface area contributed by atoms with Crippen LogP contribution in [-0.2, 0) is 0 Å². The van der Waals surface area contributed by atoms with E-state index in [2.05, 4.69) is 4.98 Å². The van der Waals surface area contributed by atoms with E-state index in [4.69, 9.17) is 16.7 Å². The second-order valence-electron chi connectivity index (χ2n) is 1.39. The van der Waals surface area contributed by atoms with Crippen LogP contribution in [0.4, 0.5) is 4.39 Å². The van der Waals surface area contributed by atoms with E-state index >= 15 is 0 Å². The topological polar surface area (TPSA) is 50.2 Å². The quantitative estimate of drug-likeness (QED) is 0.717. The number of aromatic carboxylic acids is 1. The summed E-state index contributed by atoms with van der Waals surface area (Å²) < 4.78 is 12.1. The normalized spacial score (nSPS) is 9.80. The standard InChI is InChI=1S/C4HClFNO2S/c5-2-1(3(8)9)10-4(6)7-2/h(H,8,9). The summed E-state index contributed by atoms with van der Waals surface area (Å²) in [7, 11) is 0. The molecular weight excluding hydrogens is 181 g/mol. The van der Waals surface area contributed by atoms with Gasteiger partial charge in [-0.25, -0.2) is 4.79 Å². The van der Waals surface area contributed by atoms with Crippen LogP contribution in [0.1, 0.15) is 9.67 Å². The molecule has 6 heteroatoms. The number of rotatable bonds is 1. The molecule has 0 bridgehead atoms. The van der Waals surface area contributed by atoms with Crippen molar-refractivity contribution in [1.29, 1.82) is 0 Å². The molecule has 10 heavy (non-hydrogen) atoms. The first-order valence-electron chi connectivity index (χ1n) is 2.16. The van der Waals surface area contributed by atoms with E-state index in [0.29, 0.717) is 11.3 Å². The van der Waals surface area contributed by atoms with Gasteiger partial charge in [-0.05, 0) is 0 Å². The molecule has 0 radical (unpaired) electrons. The minimum absolute atomic E-state index is 0.265. The molecule has 0 aliphatic carbocycles. The van der Waals surface area contributed by atoms with Crippen molar-refractivity contribution >= 4 is 28.9 Å². The number of carboxylic acids is 1. The van der Waals surface area contributed by atoms with Crippen molar-refractivity contribution < 1.29 is 14.3 Å². The van der Waals surface area contributed by atoms with E-state index in [0.717, 1.165) is 0 Å². The van der Waals surface area contributed by atoms with E-state index in [1.807, 2.05) is 0 Å². The van der Waals surface area contributed by atoms with Gasteiger partial charge >= 0.3 is 5.97 Å². The second-order valence-corrected chi connectivity index (χ2v) is 2.70. The highest BCUT2D eigenvalue weighted by Crippen LogP contribution is 2.21. The first-order chi connectivity index (χ1) is 4.61. The summed E-state index contributed by atoms with van der Waals surface area (Å²) in [4.78, 5) is 13.0. The first-order valence-corrected chi connectivity index (χ1v) is 3.36. The Hall–Kier alpha value is -0.680. The summed E-state index contributed by atoms with van der Waals surface area (Å²) >= 11 is 5.63. The molecule has 0 aliphatic heterocycles. The van der Waals surface area contributed by atoms with Gasteiger partial charge in [-0.3, -0.25) is 0 Å². The maximum absolute atomic E-state index is 12.1. The maximum Gasteiger partial charge on any atom is 0.349 e. The summed E-state index contributed by atoms with van der Waals surface area (Å²) in [5.74, 6) is -1.26. The van der Waals surface area contributed by atoms with Gasteiger partial charge in [0, 0.05) is 0 Å². The van der Waals surface area contributed by atoms with Gasteiger partial charge in [-0.2, -0.15) is 9.37 Å². The lowest BCUT2D eigenvalue weighted by atomic mass is 10.6. The lowest BCUT2D eigenvalue weighted by Gasteiger charge is -1.81. The molecule has 0 saturated heterocycles. The molecule has 1 aromatic rings. The molecule has 1 heterocycles. The molecule has 0 atom stereocenters. The fourth-order valence-electron chi connectivity index (χ4n) is 0.409. The summed E-state index contributed by atoms with van der Waals surface area (Å²) in [6, 6.07) is 0. The van der Waals surface area contributed by atoms with Crippen molar-refractivity contribution in [3.8, 4) is 0 Å². The zero-order chi connectivity index (χ0) is 7.72. The Morgan fingerprint density at radius 3 is 2.60 bits per heavy atom. The van der Waals surface area contributed by atoms with E-state index < -0.39 is 11.2 Å².